The largest absolute Gasteiger partial charge is 0.384 e. The van der Waals surface area contributed by atoms with E-state index in [4.69, 9.17) is 14.6 Å². The van der Waals surface area contributed by atoms with Crippen LogP contribution in [0.1, 0.15) is 39.5 Å². The maximum Gasteiger partial charge on any atom is 0.0814 e. The SMILES string of the molecule is CNCCN(C)CC1=NN2CCOCC2C1(C)C1CCC(C)(COC)CC1. The molecule has 3 aliphatic rings. The van der Waals surface area contributed by atoms with E-state index in [9.17, 15) is 0 Å². The van der Waals surface area contributed by atoms with Crippen LogP contribution in [-0.4, -0.2) is 88.9 Å². The van der Waals surface area contributed by atoms with Crippen molar-refractivity contribution < 1.29 is 9.47 Å². The van der Waals surface area contributed by atoms with Crippen molar-refractivity contribution in [3.63, 3.8) is 0 Å². The van der Waals surface area contributed by atoms with E-state index >= 15 is 0 Å². The molecular formula is C21H40N4O2. The molecule has 1 aliphatic carbocycles. The van der Waals surface area contributed by atoms with Gasteiger partial charge in [0.25, 0.3) is 0 Å². The van der Waals surface area contributed by atoms with Crippen LogP contribution in [0.25, 0.3) is 0 Å². The number of rotatable bonds is 8. The van der Waals surface area contributed by atoms with E-state index < -0.39 is 0 Å². The summed E-state index contributed by atoms with van der Waals surface area (Å²) < 4.78 is 11.4. The molecule has 2 unspecified atom stereocenters. The fourth-order valence-electron chi connectivity index (χ4n) is 5.41. The predicted octanol–water partition coefficient (Wildman–Crippen LogP) is 2.06. The minimum absolute atomic E-state index is 0.114. The summed E-state index contributed by atoms with van der Waals surface area (Å²) in [5.74, 6) is 0.676. The van der Waals surface area contributed by atoms with Crippen LogP contribution in [0.4, 0.5) is 0 Å². The predicted molar refractivity (Wildman–Crippen MR) is 110 cm³/mol. The van der Waals surface area contributed by atoms with Gasteiger partial charge in [0.05, 0.1) is 38.1 Å². The molecule has 2 fully saturated rings. The summed E-state index contributed by atoms with van der Waals surface area (Å²) in [6, 6.07) is 0.399. The van der Waals surface area contributed by atoms with E-state index in [1.165, 1.54) is 31.4 Å². The molecule has 0 aromatic rings. The number of methoxy groups -OCH3 is 1. The Bertz CT molecular complexity index is 518. The Kier molecular flexibility index (Phi) is 6.83. The Morgan fingerprint density at radius 3 is 2.74 bits per heavy atom. The highest BCUT2D eigenvalue weighted by atomic mass is 16.5. The third-order valence-electron chi connectivity index (χ3n) is 7.36. The van der Waals surface area contributed by atoms with E-state index in [0.29, 0.717) is 17.4 Å². The summed E-state index contributed by atoms with van der Waals surface area (Å²) in [7, 11) is 6.06. The first kappa shape index (κ1) is 21.0. The highest BCUT2D eigenvalue weighted by Gasteiger charge is 2.54. The van der Waals surface area contributed by atoms with Gasteiger partial charge in [-0.15, -0.1) is 0 Å². The minimum atomic E-state index is 0.114. The molecule has 0 amide bonds. The monoisotopic (exact) mass is 380 g/mol. The zero-order chi connectivity index (χ0) is 19.5. The van der Waals surface area contributed by atoms with E-state index in [0.717, 1.165) is 46.0 Å². The van der Waals surface area contributed by atoms with Crippen molar-refractivity contribution in [1.29, 1.82) is 0 Å². The smallest absolute Gasteiger partial charge is 0.0814 e. The second-order valence-electron chi connectivity index (χ2n) is 9.44. The van der Waals surface area contributed by atoms with Gasteiger partial charge in [-0.05, 0) is 51.1 Å². The number of fused-ring (bicyclic) bond motifs is 1. The number of morpholine rings is 1. The van der Waals surface area contributed by atoms with Crippen LogP contribution in [0, 0.1) is 16.7 Å². The molecule has 1 saturated heterocycles. The van der Waals surface area contributed by atoms with Crippen molar-refractivity contribution in [2.24, 2.45) is 21.8 Å². The number of ether oxygens (including phenoxy) is 2. The number of hydrogen-bond acceptors (Lipinski definition) is 6. The lowest BCUT2D eigenvalue weighted by atomic mass is 9.59. The standard InChI is InChI=1S/C21H40N4O2/c1-20(16-26-5)8-6-17(7-9-20)21(2)18(14-24(4)11-10-22-3)23-25-12-13-27-15-19(21)25/h17,19,22H,6-16H2,1-5H3. The first-order chi connectivity index (χ1) is 12.9. The Labute approximate surface area is 165 Å². The number of hydrazone groups is 1. The van der Waals surface area contributed by atoms with Gasteiger partial charge in [-0.25, -0.2) is 0 Å². The molecule has 2 aliphatic heterocycles. The highest BCUT2D eigenvalue weighted by molar-refractivity contribution is 5.94. The molecule has 27 heavy (non-hydrogen) atoms. The second-order valence-corrected chi connectivity index (χ2v) is 9.44. The van der Waals surface area contributed by atoms with E-state index in [1.807, 2.05) is 14.2 Å². The molecule has 0 radical (unpaired) electrons. The number of nitrogens with one attached hydrogen (secondary N) is 1. The van der Waals surface area contributed by atoms with Gasteiger partial charge in [0.1, 0.15) is 0 Å². The number of likely N-dealkylation sites (N-methyl/N-ethyl adjacent to an activating group) is 2. The maximum atomic E-state index is 5.91. The van der Waals surface area contributed by atoms with Gasteiger partial charge >= 0.3 is 0 Å². The van der Waals surface area contributed by atoms with Crippen LogP contribution in [-0.2, 0) is 9.47 Å². The molecule has 0 aromatic carbocycles. The first-order valence-electron chi connectivity index (χ1n) is 10.7. The van der Waals surface area contributed by atoms with E-state index in [2.05, 4.69) is 36.1 Å². The first-order valence-corrected chi connectivity index (χ1v) is 10.7. The molecule has 0 aromatic heterocycles. The van der Waals surface area contributed by atoms with Crippen molar-refractivity contribution in [3.8, 4) is 0 Å². The number of nitrogens with zero attached hydrogens (tertiary/aromatic N) is 3. The van der Waals surface area contributed by atoms with Crippen LogP contribution in [0.3, 0.4) is 0 Å². The Morgan fingerprint density at radius 1 is 1.33 bits per heavy atom. The Morgan fingerprint density at radius 2 is 2.07 bits per heavy atom. The summed E-state index contributed by atoms with van der Waals surface area (Å²) in [6.07, 6.45) is 5.02. The van der Waals surface area contributed by atoms with Gasteiger partial charge in [-0.2, -0.15) is 5.10 Å². The zero-order valence-corrected chi connectivity index (χ0v) is 18.1. The van der Waals surface area contributed by atoms with Gasteiger partial charge in [-0.1, -0.05) is 13.8 Å². The average Bonchev–Trinajstić information content (AvgIpc) is 2.93. The molecule has 1 N–H and O–H groups in total. The molecule has 2 atom stereocenters. The van der Waals surface area contributed by atoms with E-state index in [1.54, 1.807) is 0 Å². The van der Waals surface area contributed by atoms with Crippen molar-refractivity contribution in [2.75, 3.05) is 67.2 Å². The normalized spacial score (nSPS) is 36.8. The molecule has 6 heteroatoms. The van der Waals surface area contributed by atoms with Crippen LogP contribution in [0.5, 0.6) is 0 Å². The molecule has 6 nitrogen and oxygen atoms in total. The topological polar surface area (TPSA) is 49.3 Å². The van der Waals surface area contributed by atoms with Gasteiger partial charge in [0.2, 0.25) is 0 Å². The third-order valence-corrected chi connectivity index (χ3v) is 7.36. The van der Waals surface area contributed by atoms with Crippen LogP contribution in [0.2, 0.25) is 0 Å². The van der Waals surface area contributed by atoms with Gasteiger partial charge in [0.15, 0.2) is 0 Å². The lowest BCUT2D eigenvalue weighted by Gasteiger charge is -2.48. The fraction of sp³-hybridized carbons (Fsp3) is 0.952. The van der Waals surface area contributed by atoms with Crippen molar-refractivity contribution in [3.05, 3.63) is 0 Å². The lowest BCUT2D eigenvalue weighted by molar-refractivity contribution is -0.0499. The average molecular weight is 381 g/mol. The molecule has 0 bridgehead atoms. The summed E-state index contributed by atoms with van der Waals surface area (Å²) in [4.78, 5) is 2.41. The van der Waals surface area contributed by atoms with Crippen LogP contribution < -0.4 is 5.32 Å². The zero-order valence-electron chi connectivity index (χ0n) is 18.1. The second kappa shape index (κ2) is 8.76. The Balaban J connectivity index is 1.75. The maximum absolute atomic E-state index is 5.91. The van der Waals surface area contributed by atoms with Crippen LogP contribution >= 0.6 is 0 Å². The molecule has 1 saturated carbocycles. The molecule has 0 spiro atoms. The van der Waals surface area contributed by atoms with E-state index in [-0.39, 0.29) is 5.41 Å². The van der Waals surface area contributed by atoms with Crippen LogP contribution in [0.15, 0.2) is 5.10 Å². The van der Waals surface area contributed by atoms with Gasteiger partial charge in [-0.3, -0.25) is 9.91 Å². The Hall–Kier alpha value is -0.690. The van der Waals surface area contributed by atoms with Gasteiger partial charge in [0, 0.05) is 32.2 Å². The molecule has 3 rings (SSSR count). The quantitative estimate of drug-likeness (QED) is 0.698. The summed E-state index contributed by atoms with van der Waals surface area (Å²) in [5.41, 5.74) is 1.82. The highest BCUT2D eigenvalue weighted by Crippen LogP contribution is 2.51. The molecule has 156 valence electrons. The lowest BCUT2D eigenvalue weighted by Crippen LogP contribution is -2.54. The van der Waals surface area contributed by atoms with Crippen molar-refractivity contribution in [2.45, 2.75) is 45.6 Å². The third kappa shape index (κ3) is 4.34. The van der Waals surface area contributed by atoms with Gasteiger partial charge < -0.3 is 14.8 Å². The van der Waals surface area contributed by atoms with Crippen molar-refractivity contribution >= 4 is 5.71 Å². The molecular weight excluding hydrogens is 340 g/mol. The fourth-order valence-corrected chi connectivity index (χ4v) is 5.41. The summed E-state index contributed by atoms with van der Waals surface area (Å²) >= 11 is 0. The molecule has 2 heterocycles. The summed E-state index contributed by atoms with van der Waals surface area (Å²) in [5, 5.41) is 10.7. The summed E-state index contributed by atoms with van der Waals surface area (Å²) in [6.45, 7) is 11.3. The minimum Gasteiger partial charge on any atom is -0.384 e. The number of hydrogen-bond donors (Lipinski definition) is 1. The van der Waals surface area contributed by atoms with Crippen molar-refractivity contribution in [1.82, 2.24) is 15.2 Å².